The van der Waals surface area contributed by atoms with E-state index in [0.717, 1.165) is 46.5 Å². The third-order valence-corrected chi connectivity index (χ3v) is 8.02. The summed E-state index contributed by atoms with van der Waals surface area (Å²) in [4.78, 5) is 41.2. The number of allylic oxidation sites excluding steroid dienone is 4. The molecule has 0 amide bonds. The van der Waals surface area contributed by atoms with Gasteiger partial charge in [0.1, 0.15) is 0 Å². The van der Waals surface area contributed by atoms with Crippen LogP contribution in [0.15, 0.2) is 71.1 Å². The first-order valence-corrected chi connectivity index (χ1v) is 13.1. The summed E-state index contributed by atoms with van der Waals surface area (Å²) in [6.07, 6.45) is 2.30. The quantitative estimate of drug-likeness (QED) is 0.476. The fourth-order valence-corrected chi connectivity index (χ4v) is 6.29. The number of carbonyl (C=O) groups excluding carboxylic acids is 2. The number of rotatable bonds is 4. The molecule has 0 unspecified atom stereocenters. The Balaban J connectivity index is 1.72. The summed E-state index contributed by atoms with van der Waals surface area (Å²) < 4.78 is 0. The van der Waals surface area contributed by atoms with Crippen molar-refractivity contribution in [3.05, 3.63) is 92.8 Å². The van der Waals surface area contributed by atoms with E-state index in [0.29, 0.717) is 24.4 Å². The van der Waals surface area contributed by atoms with Gasteiger partial charge in [0.05, 0.1) is 5.56 Å². The minimum absolute atomic E-state index is 0.0848. The van der Waals surface area contributed by atoms with Gasteiger partial charge in [-0.05, 0) is 59.1 Å². The molecule has 0 atom stereocenters. The van der Waals surface area contributed by atoms with E-state index in [1.807, 2.05) is 36.4 Å². The number of carboxylic acids is 1. The van der Waals surface area contributed by atoms with E-state index in [9.17, 15) is 19.5 Å². The fraction of sp³-hybridized carbons (Fsp3) is 0.387. The van der Waals surface area contributed by atoms with Crippen LogP contribution in [0.1, 0.15) is 80.8 Å². The minimum Gasteiger partial charge on any atom is -0.478 e. The highest BCUT2D eigenvalue weighted by Gasteiger charge is 2.48. The molecule has 1 aliphatic heterocycles. The molecule has 0 saturated heterocycles. The third kappa shape index (κ3) is 4.77. The van der Waals surface area contributed by atoms with Crippen LogP contribution in [0.25, 0.3) is 0 Å². The fourth-order valence-electron chi connectivity index (χ4n) is 6.16. The highest BCUT2D eigenvalue weighted by Crippen LogP contribution is 2.54. The maximum Gasteiger partial charge on any atom is 0.335 e. The Kier molecular flexibility index (Phi) is 6.18. The van der Waals surface area contributed by atoms with Crippen molar-refractivity contribution in [1.82, 2.24) is 4.90 Å². The number of nitrogens with zero attached hydrogens (tertiary/aromatic N) is 1. The average Bonchev–Trinajstić information content (AvgIpc) is 2.79. The Labute approximate surface area is 222 Å². The SMILES string of the molecule is CC1(C)CC(=O)C2=C(C1)N(Cc1ccc(C(=O)O)cc1)C1=C(C(=O)CC(C)(C)C1)C2c1ccc(Cl)cc1. The number of aromatic carboxylic acids is 1. The van der Waals surface area contributed by atoms with Crippen molar-refractivity contribution in [2.24, 2.45) is 10.8 Å². The summed E-state index contributed by atoms with van der Waals surface area (Å²) in [5.74, 6) is -1.20. The van der Waals surface area contributed by atoms with Gasteiger partial charge in [-0.2, -0.15) is 0 Å². The molecule has 0 aromatic heterocycles. The molecule has 192 valence electrons. The molecule has 6 heteroatoms. The van der Waals surface area contributed by atoms with Gasteiger partial charge in [0.2, 0.25) is 0 Å². The van der Waals surface area contributed by atoms with E-state index in [-0.39, 0.29) is 28.0 Å². The van der Waals surface area contributed by atoms with Crippen LogP contribution < -0.4 is 0 Å². The molecule has 0 radical (unpaired) electrons. The molecular weight excluding hydrogens is 486 g/mol. The summed E-state index contributed by atoms with van der Waals surface area (Å²) in [6, 6.07) is 14.4. The Morgan fingerprint density at radius 2 is 1.32 bits per heavy atom. The smallest absolute Gasteiger partial charge is 0.335 e. The average molecular weight is 518 g/mol. The van der Waals surface area contributed by atoms with Crippen LogP contribution in [-0.2, 0) is 16.1 Å². The van der Waals surface area contributed by atoms with Crippen molar-refractivity contribution >= 4 is 29.1 Å². The molecule has 1 N–H and O–H groups in total. The van der Waals surface area contributed by atoms with E-state index in [1.165, 1.54) is 0 Å². The van der Waals surface area contributed by atoms with Crippen molar-refractivity contribution in [2.45, 2.75) is 65.8 Å². The number of Topliss-reactive ketones (excluding diaryl/α,β-unsaturated/α-hetero) is 2. The Bertz CT molecular complexity index is 1310. The summed E-state index contributed by atoms with van der Waals surface area (Å²) in [6.45, 7) is 8.94. The minimum atomic E-state index is -0.968. The first kappa shape index (κ1) is 25.5. The maximum atomic E-state index is 13.8. The first-order valence-electron chi connectivity index (χ1n) is 12.7. The van der Waals surface area contributed by atoms with Gasteiger partial charge in [-0.3, -0.25) is 9.59 Å². The van der Waals surface area contributed by atoms with Gasteiger partial charge in [0.15, 0.2) is 11.6 Å². The van der Waals surface area contributed by atoms with Gasteiger partial charge in [0.25, 0.3) is 0 Å². The van der Waals surface area contributed by atoms with Crippen LogP contribution in [-0.4, -0.2) is 27.5 Å². The molecule has 0 saturated carbocycles. The lowest BCUT2D eigenvalue weighted by atomic mass is 9.63. The molecule has 0 spiro atoms. The number of carbonyl (C=O) groups is 3. The van der Waals surface area contributed by atoms with Crippen LogP contribution in [0.4, 0.5) is 0 Å². The predicted octanol–water partition coefficient (Wildman–Crippen LogP) is 6.92. The van der Waals surface area contributed by atoms with Crippen LogP contribution >= 0.6 is 11.6 Å². The van der Waals surface area contributed by atoms with Crippen molar-refractivity contribution in [3.8, 4) is 0 Å². The molecule has 37 heavy (non-hydrogen) atoms. The van der Waals surface area contributed by atoms with Crippen molar-refractivity contribution in [2.75, 3.05) is 0 Å². The van der Waals surface area contributed by atoms with Gasteiger partial charge in [-0.25, -0.2) is 4.79 Å². The predicted molar refractivity (Wildman–Crippen MR) is 143 cm³/mol. The van der Waals surface area contributed by atoms with Crippen LogP contribution in [0.5, 0.6) is 0 Å². The summed E-state index contributed by atoms with van der Waals surface area (Å²) in [7, 11) is 0. The molecule has 5 nitrogen and oxygen atoms in total. The van der Waals surface area contributed by atoms with Crippen LogP contribution in [0.2, 0.25) is 5.02 Å². The highest BCUT2D eigenvalue weighted by atomic mass is 35.5. The number of halogens is 1. The van der Waals surface area contributed by atoms with Gasteiger partial charge in [-0.1, -0.05) is 63.6 Å². The van der Waals surface area contributed by atoms with Gasteiger partial charge >= 0.3 is 5.97 Å². The largest absolute Gasteiger partial charge is 0.478 e. The lowest BCUT2D eigenvalue weighted by Gasteiger charge is -2.49. The number of carboxylic acid groups (broad SMARTS) is 1. The monoisotopic (exact) mass is 517 g/mol. The van der Waals surface area contributed by atoms with E-state index < -0.39 is 11.9 Å². The zero-order chi connectivity index (χ0) is 26.7. The van der Waals surface area contributed by atoms with Crippen molar-refractivity contribution in [1.29, 1.82) is 0 Å². The topological polar surface area (TPSA) is 74.7 Å². The number of hydrogen-bond acceptors (Lipinski definition) is 4. The number of benzene rings is 2. The molecule has 3 aliphatic rings. The van der Waals surface area contributed by atoms with E-state index in [4.69, 9.17) is 11.6 Å². The van der Waals surface area contributed by atoms with E-state index >= 15 is 0 Å². The Hall–Kier alpha value is -3.18. The molecule has 1 heterocycles. The lowest BCUT2D eigenvalue weighted by Crippen LogP contribution is -2.44. The summed E-state index contributed by atoms with van der Waals surface area (Å²) in [5, 5.41) is 9.94. The van der Waals surface area contributed by atoms with E-state index in [2.05, 4.69) is 32.6 Å². The van der Waals surface area contributed by atoms with Crippen molar-refractivity contribution < 1.29 is 19.5 Å². The molecule has 0 bridgehead atoms. The Morgan fingerprint density at radius 3 is 1.78 bits per heavy atom. The zero-order valence-electron chi connectivity index (χ0n) is 21.7. The summed E-state index contributed by atoms with van der Waals surface area (Å²) in [5.41, 5.74) is 5.05. The number of ketones is 2. The third-order valence-electron chi connectivity index (χ3n) is 7.77. The van der Waals surface area contributed by atoms with Crippen LogP contribution in [0, 0.1) is 10.8 Å². The molecular formula is C31H32ClNO4. The standard InChI is InChI=1S/C31H32ClNO4/c1-30(2)13-22-27(24(34)15-30)26(19-9-11-21(32)12-10-19)28-23(14-31(3,4)16-25(28)35)33(22)17-18-5-7-20(8-6-18)29(36)37/h5-12,26H,13-17H2,1-4H3,(H,36,37). The Morgan fingerprint density at radius 1 is 0.838 bits per heavy atom. The molecule has 5 rings (SSSR count). The first-order chi connectivity index (χ1) is 17.3. The normalized spacial score (nSPS) is 21.2. The van der Waals surface area contributed by atoms with Gasteiger partial charge in [-0.15, -0.1) is 0 Å². The summed E-state index contributed by atoms with van der Waals surface area (Å²) >= 11 is 6.20. The second-order valence-corrected chi connectivity index (χ2v) is 12.6. The second-order valence-electron chi connectivity index (χ2n) is 12.2. The van der Waals surface area contributed by atoms with Gasteiger partial charge in [0, 0.05) is 52.9 Å². The second kappa shape index (κ2) is 8.98. The molecule has 2 aliphatic carbocycles. The molecule has 0 fully saturated rings. The van der Waals surface area contributed by atoms with Crippen molar-refractivity contribution in [3.63, 3.8) is 0 Å². The van der Waals surface area contributed by atoms with Crippen LogP contribution in [0.3, 0.4) is 0 Å². The molecule has 2 aromatic rings. The number of hydrogen-bond donors (Lipinski definition) is 1. The maximum absolute atomic E-state index is 13.8. The molecule has 2 aromatic carbocycles. The van der Waals surface area contributed by atoms with Gasteiger partial charge < -0.3 is 10.0 Å². The zero-order valence-corrected chi connectivity index (χ0v) is 22.5. The van der Waals surface area contributed by atoms with E-state index in [1.54, 1.807) is 12.1 Å². The lowest BCUT2D eigenvalue weighted by molar-refractivity contribution is -0.119. The highest BCUT2D eigenvalue weighted by molar-refractivity contribution is 6.30.